The highest BCUT2D eigenvalue weighted by molar-refractivity contribution is 7.89. The van der Waals surface area contributed by atoms with Gasteiger partial charge in [-0.15, -0.1) is 0 Å². The zero-order chi connectivity index (χ0) is 18.4. The van der Waals surface area contributed by atoms with Gasteiger partial charge in [-0.2, -0.15) is 4.31 Å². The molecular formula is C19H27N3O3S. The second kappa shape index (κ2) is 6.62. The average molecular weight is 378 g/mol. The fraction of sp³-hybridized carbons (Fsp3) is 0.632. The average Bonchev–Trinajstić information content (AvgIpc) is 3.20. The van der Waals surface area contributed by atoms with Crippen LogP contribution in [0.25, 0.3) is 0 Å². The number of hydrogen-bond acceptors (Lipinski definition) is 4. The molecule has 142 valence electrons. The quantitative estimate of drug-likeness (QED) is 0.835. The zero-order valence-corrected chi connectivity index (χ0v) is 16.1. The van der Waals surface area contributed by atoms with Crippen molar-refractivity contribution in [2.45, 2.75) is 37.5 Å². The van der Waals surface area contributed by atoms with Crippen LogP contribution in [0.3, 0.4) is 0 Å². The van der Waals surface area contributed by atoms with E-state index in [4.69, 9.17) is 0 Å². The summed E-state index contributed by atoms with van der Waals surface area (Å²) >= 11 is 0. The first kappa shape index (κ1) is 17.9. The third kappa shape index (κ3) is 3.17. The molecule has 3 aliphatic heterocycles. The van der Waals surface area contributed by atoms with Gasteiger partial charge in [-0.25, -0.2) is 8.42 Å². The molecule has 2 fully saturated rings. The predicted octanol–water partition coefficient (Wildman–Crippen LogP) is 1.01. The first-order valence-corrected chi connectivity index (χ1v) is 10.9. The highest BCUT2D eigenvalue weighted by Crippen LogP contribution is 2.38. The van der Waals surface area contributed by atoms with Gasteiger partial charge in [0.15, 0.2) is 0 Å². The van der Waals surface area contributed by atoms with Crippen molar-refractivity contribution < 1.29 is 13.2 Å². The van der Waals surface area contributed by atoms with Crippen LogP contribution in [0.4, 0.5) is 0 Å². The van der Waals surface area contributed by atoms with Crippen LogP contribution in [0.5, 0.6) is 0 Å². The number of fused-ring (bicyclic) bond motifs is 1. The first-order chi connectivity index (χ1) is 12.4. The van der Waals surface area contributed by atoms with Crippen LogP contribution in [0.2, 0.25) is 0 Å². The number of hydrogen-bond donors (Lipinski definition) is 1. The lowest BCUT2D eigenvalue weighted by Crippen LogP contribution is -2.33. The van der Waals surface area contributed by atoms with E-state index in [-0.39, 0.29) is 11.3 Å². The minimum absolute atomic E-state index is 0.0817. The Morgan fingerprint density at radius 2 is 1.88 bits per heavy atom. The lowest BCUT2D eigenvalue weighted by atomic mass is 9.87. The molecule has 6 nitrogen and oxygen atoms in total. The molecule has 3 aliphatic rings. The summed E-state index contributed by atoms with van der Waals surface area (Å²) in [4.78, 5) is 13.9. The van der Waals surface area contributed by atoms with Gasteiger partial charge in [-0.1, -0.05) is 6.07 Å². The molecule has 0 saturated carbocycles. The molecule has 3 heterocycles. The molecule has 1 aromatic carbocycles. The standard InChI is InChI=1S/C19H27N3O3S/c1-15(23)21-9-4-16-2-3-18(12-17(16)5-10-21)26(24,25)22-11-7-19(14-22)6-8-20-13-19/h2-3,12,20H,4-11,13-14H2,1H3. The Kier molecular flexibility index (Phi) is 4.57. The summed E-state index contributed by atoms with van der Waals surface area (Å²) in [7, 11) is -3.45. The third-order valence-corrected chi connectivity index (χ3v) is 8.14. The number of nitrogens with one attached hydrogen (secondary N) is 1. The van der Waals surface area contributed by atoms with Gasteiger partial charge in [0.05, 0.1) is 4.90 Å². The van der Waals surface area contributed by atoms with Crippen LogP contribution < -0.4 is 5.32 Å². The highest BCUT2D eigenvalue weighted by Gasteiger charge is 2.44. The lowest BCUT2D eigenvalue weighted by Gasteiger charge is -2.23. The van der Waals surface area contributed by atoms with Crippen molar-refractivity contribution in [1.82, 2.24) is 14.5 Å². The van der Waals surface area contributed by atoms with Gasteiger partial charge in [0, 0.05) is 39.6 Å². The number of nitrogens with zero attached hydrogens (tertiary/aromatic N) is 2. The van der Waals surface area contributed by atoms with Gasteiger partial charge < -0.3 is 10.2 Å². The Hall–Kier alpha value is -1.44. The number of amides is 1. The van der Waals surface area contributed by atoms with Crippen molar-refractivity contribution in [2.75, 3.05) is 39.3 Å². The number of rotatable bonds is 2. The van der Waals surface area contributed by atoms with Crippen LogP contribution in [0.1, 0.15) is 30.9 Å². The van der Waals surface area contributed by atoms with Crippen LogP contribution in [0.15, 0.2) is 23.1 Å². The molecular weight excluding hydrogens is 350 g/mol. The summed E-state index contributed by atoms with van der Waals surface area (Å²) in [6, 6.07) is 5.52. The first-order valence-electron chi connectivity index (χ1n) is 9.48. The Morgan fingerprint density at radius 3 is 2.58 bits per heavy atom. The SMILES string of the molecule is CC(=O)N1CCc2ccc(S(=O)(=O)N3CCC4(CCNC4)C3)cc2CC1. The lowest BCUT2D eigenvalue weighted by molar-refractivity contribution is -0.128. The van der Waals surface area contributed by atoms with Gasteiger partial charge in [0.25, 0.3) is 0 Å². The highest BCUT2D eigenvalue weighted by atomic mass is 32.2. The summed E-state index contributed by atoms with van der Waals surface area (Å²) < 4.78 is 28.0. The van der Waals surface area contributed by atoms with Gasteiger partial charge in [-0.05, 0) is 60.9 Å². The molecule has 1 N–H and O–H groups in total. The van der Waals surface area contributed by atoms with Crippen LogP contribution in [0, 0.1) is 5.41 Å². The van der Waals surface area contributed by atoms with Crippen molar-refractivity contribution in [3.63, 3.8) is 0 Å². The Bertz CT molecular complexity index is 815. The maximum Gasteiger partial charge on any atom is 0.243 e. The molecule has 2 saturated heterocycles. The number of benzene rings is 1. The molecule has 1 unspecified atom stereocenters. The molecule has 0 radical (unpaired) electrons. The fourth-order valence-corrected chi connectivity index (χ4v) is 6.17. The van der Waals surface area contributed by atoms with Crippen molar-refractivity contribution in [1.29, 1.82) is 0 Å². The molecule has 7 heteroatoms. The van der Waals surface area contributed by atoms with E-state index in [1.807, 2.05) is 17.0 Å². The van der Waals surface area contributed by atoms with E-state index < -0.39 is 10.0 Å². The maximum atomic E-state index is 13.2. The molecule has 0 bridgehead atoms. The summed E-state index contributed by atoms with van der Waals surface area (Å²) in [6.45, 7) is 6.09. The van der Waals surface area contributed by atoms with Crippen molar-refractivity contribution in [2.24, 2.45) is 5.41 Å². The van der Waals surface area contributed by atoms with Gasteiger partial charge in [0.1, 0.15) is 0 Å². The van der Waals surface area contributed by atoms with Crippen LogP contribution in [-0.2, 0) is 27.7 Å². The predicted molar refractivity (Wildman–Crippen MR) is 99.4 cm³/mol. The summed E-state index contributed by atoms with van der Waals surface area (Å²) in [6.07, 6.45) is 3.50. The Morgan fingerprint density at radius 1 is 1.12 bits per heavy atom. The smallest absolute Gasteiger partial charge is 0.243 e. The Balaban J connectivity index is 1.56. The van der Waals surface area contributed by atoms with E-state index in [0.29, 0.717) is 37.5 Å². The third-order valence-electron chi connectivity index (χ3n) is 6.30. The molecule has 1 atom stereocenters. The molecule has 0 aliphatic carbocycles. The monoisotopic (exact) mass is 377 g/mol. The number of sulfonamides is 1. The second-order valence-electron chi connectivity index (χ2n) is 7.95. The fourth-order valence-electron chi connectivity index (χ4n) is 4.57. The van der Waals surface area contributed by atoms with Gasteiger partial charge in [-0.3, -0.25) is 4.79 Å². The van der Waals surface area contributed by atoms with Crippen molar-refractivity contribution in [3.8, 4) is 0 Å². The Labute approximate surface area is 155 Å². The zero-order valence-electron chi connectivity index (χ0n) is 15.3. The summed E-state index contributed by atoms with van der Waals surface area (Å²) in [5.74, 6) is 0.0817. The molecule has 4 rings (SSSR count). The second-order valence-corrected chi connectivity index (χ2v) is 9.89. The van der Waals surface area contributed by atoms with E-state index in [2.05, 4.69) is 5.32 Å². The van der Waals surface area contributed by atoms with E-state index in [0.717, 1.165) is 43.5 Å². The van der Waals surface area contributed by atoms with Crippen LogP contribution in [-0.4, -0.2) is 62.8 Å². The number of carbonyl (C=O) groups is 1. The summed E-state index contributed by atoms with van der Waals surface area (Å²) in [5.41, 5.74) is 2.35. The van der Waals surface area contributed by atoms with Crippen LogP contribution >= 0.6 is 0 Å². The topological polar surface area (TPSA) is 69.7 Å². The molecule has 0 aromatic heterocycles. The minimum atomic E-state index is -3.45. The van der Waals surface area contributed by atoms with E-state index in [1.54, 1.807) is 17.3 Å². The van der Waals surface area contributed by atoms with E-state index in [9.17, 15) is 13.2 Å². The molecule has 1 amide bonds. The molecule has 1 aromatic rings. The van der Waals surface area contributed by atoms with E-state index in [1.165, 1.54) is 0 Å². The maximum absolute atomic E-state index is 13.2. The molecule has 26 heavy (non-hydrogen) atoms. The van der Waals surface area contributed by atoms with E-state index >= 15 is 0 Å². The molecule has 1 spiro atoms. The van der Waals surface area contributed by atoms with Gasteiger partial charge >= 0.3 is 0 Å². The summed E-state index contributed by atoms with van der Waals surface area (Å²) in [5, 5.41) is 3.37. The largest absolute Gasteiger partial charge is 0.342 e. The number of carbonyl (C=O) groups excluding carboxylic acids is 1. The normalized spacial score (nSPS) is 26.9. The van der Waals surface area contributed by atoms with Gasteiger partial charge in [0.2, 0.25) is 15.9 Å². The minimum Gasteiger partial charge on any atom is -0.342 e. The van der Waals surface area contributed by atoms with Crippen molar-refractivity contribution in [3.05, 3.63) is 29.3 Å². The van der Waals surface area contributed by atoms with Crippen molar-refractivity contribution >= 4 is 15.9 Å².